The van der Waals surface area contributed by atoms with E-state index in [2.05, 4.69) is 31.2 Å². The number of aryl methyl sites for hydroxylation is 1. The predicted octanol–water partition coefficient (Wildman–Crippen LogP) is 5.53. The molecule has 0 nitrogen and oxygen atoms in total. The number of hydrogen-bond acceptors (Lipinski definition) is 0. The van der Waals surface area contributed by atoms with Crippen LogP contribution >= 0.6 is 0 Å². The molecular formula is C17H28. The van der Waals surface area contributed by atoms with Crippen LogP contribution in [0.3, 0.4) is 0 Å². The molecule has 0 bridgehead atoms. The van der Waals surface area contributed by atoms with Crippen molar-refractivity contribution >= 4 is 0 Å². The van der Waals surface area contributed by atoms with Gasteiger partial charge in [0.15, 0.2) is 0 Å². The third kappa shape index (κ3) is 5.39. The van der Waals surface area contributed by atoms with Gasteiger partial charge in [-0.15, -0.1) is 0 Å². The van der Waals surface area contributed by atoms with Crippen molar-refractivity contribution in [3.63, 3.8) is 0 Å². The Bertz CT molecular complexity index is 275. The minimum atomic E-state index is 0.954. The maximum Gasteiger partial charge on any atom is -0.0250 e. The fourth-order valence-electron chi connectivity index (χ4n) is 2.63. The highest BCUT2D eigenvalue weighted by Gasteiger charge is 2.12. The second-order valence-corrected chi connectivity index (χ2v) is 5.05. The van der Waals surface area contributed by atoms with E-state index in [1.54, 1.807) is 0 Å². The molecule has 1 saturated carbocycles. The largest absolute Gasteiger partial charge is 0.0683 e. The molecule has 0 heterocycles. The van der Waals surface area contributed by atoms with Gasteiger partial charge in [0.1, 0.15) is 0 Å². The normalized spacial score (nSPS) is 16.9. The van der Waals surface area contributed by atoms with Gasteiger partial charge in [-0.3, -0.25) is 0 Å². The lowest BCUT2D eigenvalue weighted by molar-refractivity contribution is 0.458. The van der Waals surface area contributed by atoms with Crippen LogP contribution in [0.1, 0.15) is 63.5 Å². The predicted molar refractivity (Wildman–Crippen MR) is 77.4 cm³/mol. The summed E-state index contributed by atoms with van der Waals surface area (Å²) in [6.45, 7) is 6.16. The van der Waals surface area contributed by atoms with Gasteiger partial charge in [0.05, 0.1) is 0 Å². The molecule has 0 aromatic heterocycles. The highest BCUT2D eigenvalue weighted by Crippen LogP contribution is 2.25. The molecule has 2 rings (SSSR count). The van der Waals surface area contributed by atoms with Crippen molar-refractivity contribution in [2.45, 2.75) is 65.7 Å². The lowest BCUT2D eigenvalue weighted by Crippen LogP contribution is -2.02. The van der Waals surface area contributed by atoms with E-state index >= 15 is 0 Å². The molecule has 1 aliphatic rings. The van der Waals surface area contributed by atoms with Crippen LogP contribution in [0.15, 0.2) is 24.3 Å². The summed E-state index contributed by atoms with van der Waals surface area (Å²) < 4.78 is 0. The maximum absolute atomic E-state index is 2.31. The number of rotatable bonds is 2. The third-order valence-electron chi connectivity index (χ3n) is 3.62. The summed E-state index contributed by atoms with van der Waals surface area (Å²) >= 11 is 0. The molecule has 17 heavy (non-hydrogen) atoms. The Morgan fingerprint density at radius 1 is 0.882 bits per heavy atom. The van der Waals surface area contributed by atoms with Crippen LogP contribution in [0.25, 0.3) is 0 Å². The maximum atomic E-state index is 2.31. The van der Waals surface area contributed by atoms with E-state index in [1.807, 2.05) is 13.8 Å². The van der Waals surface area contributed by atoms with Crippen molar-refractivity contribution in [3.8, 4) is 0 Å². The number of benzene rings is 1. The smallest absolute Gasteiger partial charge is 0.0250 e. The first-order chi connectivity index (χ1) is 8.34. The third-order valence-corrected chi connectivity index (χ3v) is 3.62. The van der Waals surface area contributed by atoms with Gasteiger partial charge >= 0.3 is 0 Å². The summed E-state index contributed by atoms with van der Waals surface area (Å²) in [6, 6.07) is 9.10. The fourth-order valence-corrected chi connectivity index (χ4v) is 2.63. The van der Waals surface area contributed by atoms with Gasteiger partial charge in [-0.2, -0.15) is 0 Å². The zero-order valence-electron chi connectivity index (χ0n) is 11.8. The first kappa shape index (κ1) is 14.3. The van der Waals surface area contributed by atoms with Crippen LogP contribution in [-0.4, -0.2) is 0 Å². The second-order valence-electron chi connectivity index (χ2n) is 5.05. The minimum absolute atomic E-state index is 0.954. The van der Waals surface area contributed by atoms with Gasteiger partial charge in [0.2, 0.25) is 0 Å². The van der Waals surface area contributed by atoms with Crippen molar-refractivity contribution < 1.29 is 0 Å². The molecule has 1 aliphatic carbocycles. The Morgan fingerprint density at radius 3 is 1.94 bits per heavy atom. The standard InChI is InChI=1S/C15H22.C2H6/c1-13-8-10-15(11-9-13)12-14-6-4-2-3-5-7-14;1-2/h8-11,14H,2-7,12H2,1H3;1-2H3. The fraction of sp³-hybridized carbons (Fsp3) is 0.647. The number of hydrogen-bond donors (Lipinski definition) is 0. The average molecular weight is 232 g/mol. The molecule has 1 aromatic rings. The molecule has 0 aliphatic heterocycles. The van der Waals surface area contributed by atoms with Crippen LogP contribution in [0.2, 0.25) is 0 Å². The Morgan fingerprint density at radius 2 is 1.41 bits per heavy atom. The van der Waals surface area contributed by atoms with Gasteiger partial charge in [-0.25, -0.2) is 0 Å². The summed E-state index contributed by atoms with van der Waals surface area (Å²) in [5.74, 6) is 0.954. The van der Waals surface area contributed by atoms with E-state index in [9.17, 15) is 0 Å². The van der Waals surface area contributed by atoms with E-state index in [0.717, 1.165) is 5.92 Å². The zero-order valence-corrected chi connectivity index (χ0v) is 11.8. The van der Waals surface area contributed by atoms with Crippen LogP contribution in [0.5, 0.6) is 0 Å². The van der Waals surface area contributed by atoms with E-state index in [0.29, 0.717) is 0 Å². The van der Waals surface area contributed by atoms with E-state index in [4.69, 9.17) is 0 Å². The summed E-state index contributed by atoms with van der Waals surface area (Å²) in [6.07, 6.45) is 10.0. The average Bonchev–Trinajstić information content (AvgIpc) is 2.63. The van der Waals surface area contributed by atoms with Gasteiger partial charge in [-0.05, 0) is 24.8 Å². The first-order valence-electron chi connectivity index (χ1n) is 7.40. The van der Waals surface area contributed by atoms with E-state index < -0.39 is 0 Å². The molecule has 0 unspecified atom stereocenters. The van der Waals surface area contributed by atoms with Gasteiger partial charge in [0.25, 0.3) is 0 Å². The molecule has 1 fully saturated rings. The lowest BCUT2D eigenvalue weighted by Gasteiger charge is -2.13. The van der Waals surface area contributed by atoms with Crippen molar-refractivity contribution in [2.24, 2.45) is 5.92 Å². The van der Waals surface area contributed by atoms with Crippen molar-refractivity contribution in [1.82, 2.24) is 0 Å². The zero-order chi connectivity index (χ0) is 12.5. The topological polar surface area (TPSA) is 0 Å². The van der Waals surface area contributed by atoms with E-state index in [1.165, 1.54) is 56.1 Å². The lowest BCUT2D eigenvalue weighted by atomic mass is 9.92. The summed E-state index contributed by atoms with van der Waals surface area (Å²) in [4.78, 5) is 0. The minimum Gasteiger partial charge on any atom is -0.0683 e. The Hall–Kier alpha value is -0.780. The first-order valence-corrected chi connectivity index (χ1v) is 7.40. The highest BCUT2D eigenvalue weighted by molar-refractivity contribution is 5.21. The van der Waals surface area contributed by atoms with Crippen molar-refractivity contribution in [1.29, 1.82) is 0 Å². The van der Waals surface area contributed by atoms with Crippen LogP contribution in [-0.2, 0) is 6.42 Å². The SMILES string of the molecule is CC.Cc1ccc(CC2CCCCCC2)cc1. The molecule has 1 aromatic carbocycles. The Labute approximate surface area is 107 Å². The Kier molecular flexibility index (Phi) is 7.00. The summed E-state index contributed by atoms with van der Waals surface area (Å²) in [7, 11) is 0. The van der Waals surface area contributed by atoms with Crippen LogP contribution in [0, 0.1) is 12.8 Å². The molecule has 96 valence electrons. The van der Waals surface area contributed by atoms with Gasteiger partial charge in [0, 0.05) is 0 Å². The van der Waals surface area contributed by atoms with Crippen LogP contribution < -0.4 is 0 Å². The Balaban J connectivity index is 0.000000686. The molecule has 0 atom stereocenters. The molecular weight excluding hydrogens is 204 g/mol. The monoisotopic (exact) mass is 232 g/mol. The molecule has 0 heteroatoms. The van der Waals surface area contributed by atoms with Crippen LogP contribution in [0.4, 0.5) is 0 Å². The van der Waals surface area contributed by atoms with Gasteiger partial charge < -0.3 is 0 Å². The molecule has 0 spiro atoms. The van der Waals surface area contributed by atoms with Gasteiger partial charge in [-0.1, -0.05) is 82.2 Å². The summed E-state index contributed by atoms with van der Waals surface area (Å²) in [5.41, 5.74) is 2.91. The molecule has 0 N–H and O–H groups in total. The molecule has 0 amide bonds. The summed E-state index contributed by atoms with van der Waals surface area (Å²) in [5, 5.41) is 0. The quantitative estimate of drug-likeness (QED) is 0.588. The van der Waals surface area contributed by atoms with Crippen molar-refractivity contribution in [3.05, 3.63) is 35.4 Å². The van der Waals surface area contributed by atoms with E-state index in [-0.39, 0.29) is 0 Å². The molecule has 0 saturated heterocycles. The second kappa shape index (κ2) is 8.33. The highest BCUT2D eigenvalue weighted by atomic mass is 14.2. The van der Waals surface area contributed by atoms with Crippen molar-refractivity contribution in [2.75, 3.05) is 0 Å². The molecule has 0 radical (unpaired) electrons.